The second-order valence-electron chi connectivity index (χ2n) is 7.74. The molecule has 0 saturated heterocycles. The smallest absolute Gasteiger partial charge is 0.224 e. The van der Waals surface area contributed by atoms with Crippen LogP contribution < -0.4 is 5.32 Å². The Balaban J connectivity index is 1.57. The van der Waals surface area contributed by atoms with E-state index in [2.05, 4.69) is 5.32 Å². The van der Waals surface area contributed by atoms with Gasteiger partial charge in [0.15, 0.2) is 9.84 Å². The van der Waals surface area contributed by atoms with Gasteiger partial charge in [-0.05, 0) is 69.8 Å². The first kappa shape index (κ1) is 21.7. The number of hydrogen-bond donors (Lipinski definition) is 1. The van der Waals surface area contributed by atoms with Crippen LogP contribution in [0, 0.1) is 5.82 Å². The maximum atomic E-state index is 13.9. The number of amides is 1. The molecular weight excluding hydrogens is 425 g/mol. The molecule has 0 spiro atoms. The molecule has 1 N–H and O–H groups in total. The summed E-state index contributed by atoms with van der Waals surface area (Å²) in [6.07, 6.45) is 5.09. The third-order valence-corrected chi connectivity index (χ3v) is 6.41. The van der Waals surface area contributed by atoms with Crippen molar-refractivity contribution in [1.29, 1.82) is 0 Å². The molecule has 0 atom stereocenters. The van der Waals surface area contributed by atoms with E-state index in [1.807, 2.05) is 42.5 Å². The van der Waals surface area contributed by atoms with Gasteiger partial charge in [-0.1, -0.05) is 48.5 Å². The Hall–Kier alpha value is -3.51. The number of hydrogen-bond acceptors (Lipinski definition) is 3. The first-order valence-electron chi connectivity index (χ1n) is 10.1. The van der Waals surface area contributed by atoms with Crippen LogP contribution in [-0.4, -0.2) is 20.6 Å². The molecule has 4 nitrogen and oxygen atoms in total. The van der Waals surface area contributed by atoms with Crippen molar-refractivity contribution in [3.8, 4) is 0 Å². The Morgan fingerprint density at radius 1 is 0.969 bits per heavy atom. The van der Waals surface area contributed by atoms with Crippen molar-refractivity contribution in [1.82, 2.24) is 5.32 Å². The fraction of sp³-hybridized carbons (Fsp3) is 0.115. The topological polar surface area (TPSA) is 63.2 Å². The molecule has 0 unspecified atom stereocenters. The number of fused-ring (bicyclic) bond motifs is 1. The number of halogens is 1. The molecule has 32 heavy (non-hydrogen) atoms. The fourth-order valence-electron chi connectivity index (χ4n) is 3.67. The zero-order valence-corrected chi connectivity index (χ0v) is 18.3. The highest BCUT2D eigenvalue weighted by Crippen LogP contribution is 2.38. The Labute approximate surface area is 187 Å². The molecule has 0 bridgehead atoms. The standard InChI is InChI=1S/C26H22FNO3S/c1-32(30,31)23-10-7-18(8-11-23)13-20-14-21(25-16-22(27)9-12-24(20)25)15-26(29)28-17-19-5-3-2-4-6-19/h2-14,16H,15,17H2,1H3,(H,28,29). The highest BCUT2D eigenvalue weighted by molar-refractivity contribution is 7.90. The number of sulfone groups is 1. The lowest BCUT2D eigenvalue weighted by Gasteiger charge is -2.08. The summed E-state index contributed by atoms with van der Waals surface area (Å²) in [5, 5.41) is 2.91. The molecule has 4 rings (SSSR count). The van der Waals surface area contributed by atoms with Crippen molar-refractivity contribution in [3.63, 3.8) is 0 Å². The molecule has 1 aliphatic carbocycles. The summed E-state index contributed by atoms with van der Waals surface area (Å²) in [6.45, 7) is 0.429. The molecule has 0 saturated carbocycles. The van der Waals surface area contributed by atoms with E-state index in [9.17, 15) is 17.6 Å². The average molecular weight is 448 g/mol. The van der Waals surface area contributed by atoms with Crippen molar-refractivity contribution in [3.05, 3.63) is 107 Å². The summed E-state index contributed by atoms with van der Waals surface area (Å²) in [4.78, 5) is 12.8. The second kappa shape index (κ2) is 8.93. The van der Waals surface area contributed by atoms with Crippen LogP contribution in [0.15, 0.2) is 83.8 Å². The molecule has 0 aliphatic heterocycles. The van der Waals surface area contributed by atoms with Gasteiger partial charge in [0, 0.05) is 12.8 Å². The van der Waals surface area contributed by atoms with Gasteiger partial charge in [0.1, 0.15) is 5.82 Å². The maximum Gasteiger partial charge on any atom is 0.224 e. The zero-order valence-electron chi connectivity index (χ0n) is 17.5. The lowest BCUT2D eigenvalue weighted by Crippen LogP contribution is -2.22. The van der Waals surface area contributed by atoms with E-state index in [4.69, 9.17) is 0 Å². The predicted octanol–water partition coefficient (Wildman–Crippen LogP) is 4.87. The number of benzene rings is 3. The van der Waals surface area contributed by atoms with Crippen LogP contribution in [0.5, 0.6) is 0 Å². The van der Waals surface area contributed by atoms with Gasteiger partial charge in [-0.2, -0.15) is 0 Å². The zero-order chi connectivity index (χ0) is 22.7. The van der Waals surface area contributed by atoms with Crippen molar-refractivity contribution < 1.29 is 17.6 Å². The van der Waals surface area contributed by atoms with Gasteiger partial charge in [0.2, 0.25) is 5.91 Å². The van der Waals surface area contributed by atoms with E-state index >= 15 is 0 Å². The molecule has 0 fully saturated rings. The maximum absolute atomic E-state index is 13.9. The fourth-order valence-corrected chi connectivity index (χ4v) is 4.30. The van der Waals surface area contributed by atoms with Gasteiger partial charge >= 0.3 is 0 Å². The Morgan fingerprint density at radius 2 is 1.69 bits per heavy atom. The van der Waals surface area contributed by atoms with E-state index in [0.717, 1.165) is 27.8 Å². The minimum atomic E-state index is -3.27. The van der Waals surface area contributed by atoms with Crippen LogP contribution in [0.1, 0.15) is 28.7 Å². The lowest BCUT2D eigenvalue weighted by molar-refractivity contribution is -0.120. The summed E-state index contributed by atoms with van der Waals surface area (Å²) in [6, 6.07) is 20.7. The van der Waals surface area contributed by atoms with Gasteiger partial charge in [0.05, 0.1) is 11.3 Å². The Kier molecular flexibility index (Phi) is 6.06. The largest absolute Gasteiger partial charge is 0.352 e. The summed E-state index contributed by atoms with van der Waals surface area (Å²) >= 11 is 0. The second-order valence-corrected chi connectivity index (χ2v) is 9.76. The van der Waals surface area contributed by atoms with Crippen molar-refractivity contribution >= 4 is 33.0 Å². The van der Waals surface area contributed by atoms with Crippen LogP contribution in [0.3, 0.4) is 0 Å². The average Bonchev–Trinajstić information content (AvgIpc) is 3.09. The number of carbonyl (C=O) groups is 1. The Bertz CT molecular complexity index is 1330. The molecule has 0 heterocycles. The molecule has 6 heteroatoms. The highest BCUT2D eigenvalue weighted by atomic mass is 32.2. The highest BCUT2D eigenvalue weighted by Gasteiger charge is 2.21. The van der Waals surface area contributed by atoms with E-state index in [1.165, 1.54) is 18.4 Å². The van der Waals surface area contributed by atoms with Gasteiger partial charge in [-0.25, -0.2) is 12.8 Å². The molecule has 0 radical (unpaired) electrons. The van der Waals surface area contributed by atoms with Crippen molar-refractivity contribution in [2.45, 2.75) is 17.9 Å². The van der Waals surface area contributed by atoms with Gasteiger partial charge in [-0.15, -0.1) is 0 Å². The molecule has 3 aromatic carbocycles. The molecular formula is C26H22FNO3S. The van der Waals surface area contributed by atoms with Gasteiger partial charge in [-0.3, -0.25) is 4.79 Å². The molecule has 3 aromatic rings. The quantitative estimate of drug-likeness (QED) is 0.586. The third kappa shape index (κ3) is 5.03. The first-order chi connectivity index (χ1) is 15.3. The summed E-state index contributed by atoms with van der Waals surface area (Å²) < 4.78 is 37.3. The van der Waals surface area contributed by atoms with Crippen LogP contribution in [0.25, 0.3) is 17.2 Å². The first-order valence-corrected chi connectivity index (χ1v) is 12.0. The van der Waals surface area contributed by atoms with Gasteiger partial charge in [0.25, 0.3) is 0 Å². The van der Waals surface area contributed by atoms with E-state index in [1.54, 1.807) is 30.3 Å². The lowest BCUT2D eigenvalue weighted by atomic mass is 10.0. The summed E-state index contributed by atoms with van der Waals surface area (Å²) in [7, 11) is -3.27. The number of allylic oxidation sites excluding steroid dienone is 2. The monoisotopic (exact) mass is 447 g/mol. The Morgan fingerprint density at radius 3 is 2.38 bits per heavy atom. The predicted molar refractivity (Wildman–Crippen MR) is 125 cm³/mol. The minimum absolute atomic E-state index is 0.133. The molecule has 0 aromatic heterocycles. The van der Waals surface area contributed by atoms with Gasteiger partial charge < -0.3 is 5.32 Å². The van der Waals surface area contributed by atoms with Crippen LogP contribution >= 0.6 is 0 Å². The number of rotatable bonds is 6. The summed E-state index contributed by atoms with van der Waals surface area (Å²) in [5.74, 6) is -0.507. The van der Waals surface area contributed by atoms with Crippen LogP contribution in [0.4, 0.5) is 4.39 Å². The summed E-state index contributed by atoms with van der Waals surface area (Å²) in [5.41, 5.74) is 4.94. The molecule has 1 aliphatic rings. The number of nitrogens with one attached hydrogen (secondary N) is 1. The third-order valence-electron chi connectivity index (χ3n) is 5.28. The molecule has 1 amide bonds. The number of carbonyl (C=O) groups excluding carboxylic acids is 1. The van der Waals surface area contributed by atoms with E-state index in [0.29, 0.717) is 12.1 Å². The molecule has 162 valence electrons. The van der Waals surface area contributed by atoms with Crippen LogP contribution in [-0.2, 0) is 21.2 Å². The van der Waals surface area contributed by atoms with E-state index in [-0.39, 0.29) is 23.0 Å². The minimum Gasteiger partial charge on any atom is -0.352 e. The SMILES string of the molecule is CS(=O)(=O)c1ccc(C=C2C=C(CC(=O)NCc3ccccc3)c3cc(F)ccc32)cc1. The van der Waals surface area contributed by atoms with Crippen LogP contribution in [0.2, 0.25) is 0 Å². The van der Waals surface area contributed by atoms with Crippen molar-refractivity contribution in [2.24, 2.45) is 0 Å². The normalized spacial score (nSPS) is 14.2. The van der Waals surface area contributed by atoms with Crippen molar-refractivity contribution in [2.75, 3.05) is 6.26 Å². The van der Waals surface area contributed by atoms with E-state index < -0.39 is 9.84 Å².